The molecule has 0 unspecified atom stereocenters. The fraction of sp³-hybridized carbons (Fsp3) is 0.625. The van der Waals surface area contributed by atoms with E-state index in [-0.39, 0.29) is 44.5 Å². The van der Waals surface area contributed by atoms with E-state index in [0.29, 0.717) is 25.9 Å². The fourth-order valence-electron chi connectivity index (χ4n) is 3.92. The number of unbranched alkanes of at least 4 members (excludes halogenated alkanes) is 3. The van der Waals surface area contributed by atoms with Gasteiger partial charge in [0.25, 0.3) is 11.8 Å². The molecule has 0 spiro atoms. The Morgan fingerprint density at radius 1 is 0.600 bits per heavy atom. The molecule has 0 aromatic heterocycles. The number of hydrogen-bond donors (Lipinski definition) is 5. The van der Waals surface area contributed by atoms with Crippen LogP contribution in [0.3, 0.4) is 0 Å². The molecule has 5 N–H and O–H groups in total. The average Bonchev–Trinajstić information content (AvgIpc) is 3.15. The van der Waals surface area contributed by atoms with Crippen LogP contribution in [0, 0.1) is 0 Å². The van der Waals surface area contributed by atoms with Crippen molar-refractivity contribution in [2.45, 2.75) is 25.7 Å². The van der Waals surface area contributed by atoms with E-state index < -0.39 is 56.0 Å². The Bertz CT molecular complexity index is 921. The van der Waals surface area contributed by atoms with Gasteiger partial charge in [-0.2, -0.15) is 0 Å². The number of carbonyl (C=O) groups excluding carboxylic acids is 3. The second kappa shape index (κ2) is 18.4. The van der Waals surface area contributed by atoms with Gasteiger partial charge in [-0.15, -0.1) is 0 Å². The normalized spacial score (nSPS) is 13.0. The Morgan fingerprint density at radius 3 is 1.48 bits per heavy atom. The third-order valence-corrected chi connectivity index (χ3v) is 5.80. The van der Waals surface area contributed by atoms with E-state index in [1.165, 1.54) is 26.9 Å². The maximum atomic E-state index is 12.4. The minimum atomic E-state index is -1.24. The molecule has 3 amide bonds. The number of carboxylic acids is 4. The first kappa shape index (κ1) is 34.1. The van der Waals surface area contributed by atoms with Gasteiger partial charge < -0.3 is 25.7 Å². The summed E-state index contributed by atoms with van der Waals surface area (Å²) in [6.45, 7) is -1.56. The lowest BCUT2D eigenvalue weighted by Crippen LogP contribution is -2.46. The number of nitrogens with zero attached hydrogens (tertiary/aromatic N) is 4. The van der Waals surface area contributed by atoms with Crippen LogP contribution in [0.2, 0.25) is 0 Å². The Hall–Kier alpha value is -3.89. The number of amides is 3. The van der Waals surface area contributed by atoms with Crippen molar-refractivity contribution < 1.29 is 54.0 Å². The van der Waals surface area contributed by atoms with Crippen LogP contribution in [-0.2, 0) is 33.6 Å². The van der Waals surface area contributed by atoms with E-state index in [2.05, 4.69) is 5.32 Å². The second-order valence-corrected chi connectivity index (χ2v) is 9.20. The molecule has 224 valence electrons. The quantitative estimate of drug-likeness (QED) is 0.0650. The Morgan fingerprint density at radius 2 is 1.00 bits per heavy atom. The van der Waals surface area contributed by atoms with Crippen molar-refractivity contribution in [3.05, 3.63) is 12.2 Å². The van der Waals surface area contributed by atoms with E-state index in [4.69, 9.17) is 10.2 Å². The van der Waals surface area contributed by atoms with Gasteiger partial charge in [0.1, 0.15) is 0 Å². The zero-order valence-electron chi connectivity index (χ0n) is 22.2. The summed E-state index contributed by atoms with van der Waals surface area (Å²) in [5, 5.41) is 39.0. The maximum Gasteiger partial charge on any atom is 0.317 e. The lowest BCUT2D eigenvalue weighted by Gasteiger charge is -2.27. The highest BCUT2D eigenvalue weighted by atomic mass is 16.4. The molecule has 0 atom stereocenters. The van der Waals surface area contributed by atoms with Crippen molar-refractivity contribution in [3.63, 3.8) is 0 Å². The second-order valence-electron chi connectivity index (χ2n) is 9.20. The monoisotopic (exact) mass is 571 g/mol. The molecule has 0 saturated heterocycles. The maximum absolute atomic E-state index is 12.4. The molecular weight excluding hydrogens is 534 g/mol. The van der Waals surface area contributed by atoms with Crippen molar-refractivity contribution in [2.24, 2.45) is 0 Å². The summed E-state index contributed by atoms with van der Waals surface area (Å²) < 4.78 is 0. The van der Waals surface area contributed by atoms with Gasteiger partial charge in [-0.3, -0.25) is 53.2 Å². The topological polar surface area (TPSA) is 225 Å². The van der Waals surface area contributed by atoms with Crippen LogP contribution in [-0.4, -0.2) is 154 Å². The molecule has 1 aliphatic rings. The summed E-state index contributed by atoms with van der Waals surface area (Å²) in [6.07, 6.45) is 5.22. The first-order valence-corrected chi connectivity index (χ1v) is 12.7. The van der Waals surface area contributed by atoms with E-state index in [1.54, 1.807) is 0 Å². The largest absolute Gasteiger partial charge is 0.480 e. The number of imide groups is 1. The molecule has 0 saturated carbocycles. The summed E-state index contributed by atoms with van der Waals surface area (Å²) >= 11 is 0. The first-order valence-electron chi connectivity index (χ1n) is 12.7. The van der Waals surface area contributed by atoms with Gasteiger partial charge in [0, 0.05) is 51.4 Å². The highest BCUT2D eigenvalue weighted by Crippen LogP contribution is 2.07. The van der Waals surface area contributed by atoms with Gasteiger partial charge in [0.15, 0.2) is 0 Å². The molecule has 0 fully saturated rings. The lowest BCUT2D eigenvalue weighted by molar-refractivity contribution is -0.143. The minimum absolute atomic E-state index is 0.0105. The SMILES string of the molecule is O=C(O)CN(CCN(CC(=O)O)CC(=O)O)CCN(CC(=O)O)CC(=O)NCCCCCCN1C(=O)C=CC1=O. The lowest BCUT2D eigenvalue weighted by atomic mass is 10.2. The standard InChI is InChI=1S/C24H37N5O11/c30-18(25-7-3-1-2-4-8-29-19(31)5-6-20(29)32)13-27(15-22(35)36)11-9-26(14-21(33)34)10-12-28(16-23(37)38)17-24(39)40/h5-6H,1-4,7-17H2,(H,25,30)(H,33,34)(H,35,36)(H,37,38)(H,39,40). The average molecular weight is 572 g/mol. The van der Waals surface area contributed by atoms with Crippen LogP contribution in [0.25, 0.3) is 0 Å². The fourth-order valence-corrected chi connectivity index (χ4v) is 3.92. The van der Waals surface area contributed by atoms with Crippen molar-refractivity contribution >= 4 is 41.6 Å². The predicted octanol–water partition coefficient (Wildman–Crippen LogP) is -2.17. The smallest absolute Gasteiger partial charge is 0.317 e. The molecule has 16 heteroatoms. The van der Waals surface area contributed by atoms with Crippen molar-refractivity contribution in [2.75, 3.05) is 72.0 Å². The van der Waals surface area contributed by atoms with Crippen LogP contribution in [0.1, 0.15) is 25.7 Å². The number of carbonyl (C=O) groups is 7. The molecule has 0 aliphatic carbocycles. The zero-order valence-corrected chi connectivity index (χ0v) is 22.2. The molecule has 1 heterocycles. The van der Waals surface area contributed by atoms with Gasteiger partial charge in [0.2, 0.25) is 5.91 Å². The minimum Gasteiger partial charge on any atom is -0.480 e. The highest BCUT2D eigenvalue weighted by Gasteiger charge is 2.22. The van der Waals surface area contributed by atoms with Crippen LogP contribution in [0.4, 0.5) is 0 Å². The summed E-state index contributed by atoms with van der Waals surface area (Å²) in [5.74, 6) is -5.91. The highest BCUT2D eigenvalue weighted by molar-refractivity contribution is 6.12. The van der Waals surface area contributed by atoms with Crippen LogP contribution < -0.4 is 5.32 Å². The number of nitrogens with one attached hydrogen (secondary N) is 1. The molecule has 16 nitrogen and oxygen atoms in total. The summed E-state index contributed by atoms with van der Waals surface area (Å²) in [4.78, 5) is 84.9. The Balaban J connectivity index is 2.46. The van der Waals surface area contributed by atoms with Crippen molar-refractivity contribution in [1.29, 1.82) is 0 Å². The van der Waals surface area contributed by atoms with Gasteiger partial charge in [0.05, 0.1) is 32.7 Å². The molecule has 0 bridgehead atoms. The van der Waals surface area contributed by atoms with Crippen LogP contribution in [0.15, 0.2) is 12.2 Å². The van der Waals surface area contributed by atoms with E-state index in [9.17, 15) is 43.8 Å². The molecular formula is C24H37N5O11. The van der Waals surface area contributed by atoms with E-state index in [1.807, 2.05) is 0 Å². The zero-order chi connectivity index (χ0) is 30.1. The molecule has 40 heavy (non-hydrogen) atoms. The Labute approximate surface area is 230 Å². The number of aliphatic carboxylic acids is 4. The van der Waals surface area contributed by atoms with E-state index >= 15 is 0 Å². The molecule has 1 aliphatic heterocycles. The summed E-state index contributed by atoms with van der Waals surface area (Å²) in [7, 11) is 0. The number of hydrogen-bond acceptors (Lipinski definition) is 10. The first-order chi connectivity index (χ1) is 18.9. The molecule has 0 aromatic rings. The third-order valence-electron chi connectivity index (χ3n) is 5.80. The van der Waals surface area contributed by atoms with Gasteiger partial charge in [-0.05, 0) is 12.8 Å². The third kappa shape index (κ3) is 15.5. The van der Waals surface area contributed by atoms with Crippen LogP contribution in [0.5, 0.6) is 0 Å². The molecule has 0 aromatic carbocycles. The van der Waals surface area contributed by atoms with Gasteiger partial charge in [-0.1, -0.05) is 12.8 Å². The summed E-state index contributed by atoms with van der Waals surface area (Å²) in [5.41, 5.74) is 0. The van der Waals surface area contributed by atoms with Gasteiger partial charge in [-0.25, -0.2) is 0 Å². The Kier molecular flexibility index (Phi) is 15.7. The van der Waals surface area contributed by atoms with Crippen LogP contribution >= 0.6 is 0 Å². The van der Waals surface area contributed by atoms with Crippen molar-refractivity contribution in [3.8, 4) is 0 Å². The number of rotatable bonds is 23. The number of carboxylic acid groups (broad SMARTS) is 4. The van der Waals surface area contributed by atoms with E-state index in [0.717, 1.165) is 17.7 Å². The molecule has 0 radical (unpaired) electrons. The van der Waals surface area contributed by atoms with Crippen molar-refractivity contribution in [1.82, 2.24) is 24.9 Å². The van der Waals surface area contributed by atoms with Gasteiger partial charge >= 0.3 is 23.9 Å². The summed E-state index contributed by atoms with van der Waals surface area (Å²) in [6, 6.07) is 0. The predicted molar refractivity (Wildman–Crippen MR) is 137 cm³/mol. The molecule has 1 rings (SSSR count).